The van der Waals surface area contributed by atoms with Gasteiger partial charge in [-0.25, -0.2) is 4.98 Å². The predicted molar refractivity (Wildman–Crippen MR) is 71.7 cm³/mol. The zero-order valence-corrected chi connectivity index (χ0v) is 11.3. The lowest BCUT2D eigenvalue weighted by atomic mass is 10.2. The van der Waals surface area contributed by atoms with E-state index in [0.717, 1.165) is 22.9 Å². The van der Waals surface area contributed by atoms with E-state index in [0.29, 0.717) is 11.5 Å². The van der Waals surface area contributed by atoms with Gasteiger partial charge in [0.2, 0.25) is 0 Å². The summed E-state index contributed by atoms with van der Waals surface area (Å²) < 4.78 is 5.64. The lowest BCUT2D eigenvalue weighted by Gasteiger charge is -2.03. The van der Waals surface area contributed by atoms with Gasteiger partial charge < -0.3 is 4.74 Å². The first-order valence-corrected chi connectivity index (χ1v) is 6.62. The Kier molecular flexibility index (Phi) is 3.96. The van der Waals surface area contributed by atoms with Crippen molar-refractivity contribution in [3.8, 4) is 11.8 Å². The van der Waals surface area contributed by atoms with Gasteiger partial charge in [-0.3, -0.25) is 0 Å². The molecule has 0 saturated heterocycles. The minimum atomic E-state index is 0.419. The Balaban J connectivity index is 2.04. The minimum Gasteiger partial charge on any atom is -0.486 e. The van der Waals surface area contributed by atoms with E-state index in [-0.39, 0.29) is 0 Å². The molecule has 0 N–H and O–H groups in total. The molecule has 0 aliphatic rings. The van der Waals surface area contributed by atoms with Gasteiger partial charge in [0.05, 0.1) is 5.69 Å². The van der Waals surface area contributed by atoms with Crippen LogP contribution in [0.15, 0.2) is 24.3 Å². The average Bonchev–Trinajstić information content (AvgIpc) is 2.80. The molecule has 18 heavy (non-hydrogen) atoms. The molecule has 0 aliphatic carbocycles. The summed E-state index contributed by atoms with van der Waals surface area (Å²) in [6, 6.07) is 10.1. The maximum atomic E-state index is 8.96. The maximum Gasteiger partial charge on any atom is 0.140 e. The quantitative estimate of drug-likeness (QED) is 0.843. The Labute approximate surface area is 111 Å². The van der Waals surface area contributed by atoms with Crippen molar-refractivity contribution < 1.29 is 4.74 Å². The summed E-state index contributed by atoms with van der Waals surface area (Å²) in [7, 11) is 0. The predicted octanol–water partition coefficient (Wildman–Crippen LogP) is 3.46. The van der Waals surface area contributed by atoms with Crippen LogP contribution in [0.4, 0.5) is 0 Å². The highest BCUT2D eigenvalue weighted by Gasteiger charge is 2.09. The molecule has 2 aromatic rings. The van der Waals surface area contributed by atoms with E-state index in [1.54, 1.807) is 0 Å². The van der Waals surface area contributed by atoms with Crippen LogP contribution < -0.4 is 4.74 Å². The lowest BCUT2D eigenvalue weighted by Crippen LogP contribution is -1.95. The number of nitrogens with zero attached hydrogens (tertiary/aromatic N) is 2. The van der Waals surface area contributed by atoms with Gasteiger partial charge in [-0.15, -0.1) is 11.3 Å². The monoisotopic (exact) mass is 258 g/mol. The van der Waals surface area contributed by atoms with Gasteiger partial charge in [0, 0.05) is 0 Å². The molecule has 4 heteroatoms. The molecule has 0 amide bonds. The number of benzene rings is 1. The van der Waals surface area contributed by atoms with Crippen molar-refractivity contribution in [2.75, 3.05) is 0 Å². The van der Waals surface area contributed by atoms with E-state index in [9.17, 15) is 0 Å². The van der Waals surface area contributed by atoms with E-state index in [2.05, 4.69) is 11.1 Å². The van der Waals surface area contributed by atoms with Gasteiger partial charge in [-0.2, -0.15) is 5.26 Å². The number of rotatable bonds is 4. The van der Waals surface area contributed by atoms with Gasteiger partial charge in [0.1, 0.15) is 28.3 Å². The molecule has 0 fully saturated rings. The Morgan fingerprint density at radius 3 is 2.61 bits per heavy atom. The first-order chi connectivity index (χ1) is 8.72. The van der Waals surface area contributed by atoms with Crippen LogP contribution in [0.5, 0.6) is 5.75 Å². The molecule has 1 aromatic heterocycles. The van der Waals surface area contributed by atoms with Crippen molar-refractivity contribution in [1.82, 2.24) is 4.98 Å². The summed E-state index contributed by atoms with van der Waals surface area (Å²) in [5.74, 6) is 0.826. The second-order valence-corrected chi connectivity index (χ2v) is 5.03. The summed E-state index contributed by atoms with van der Waals surface area (Å²) in [6.45, 7) is 4.46. The Hall–Kier alpha value is -1.86. The smallest absolute Gasteiger partial charge is 0.140 e. The van der Waals surface area contributed by atoms with Crippen LogP contribution in [0, 0.1) is 18.3 Å². The van der Waals surface area contributed by atoms with Crippen LogP contribution in [-0.2, 0) is 13.0 Å². The second kappa shape index (κ2) is 5.65. The van der Waals surface area contributed by atoms with Crippen LogP contribution in [0.3, 0.4) is 0 Å². The number of aromatic nitrogens is 1. The highest BCUT2D eigenvalue weighted by atomic mass is 32.1. The van der Waals surface area contributed by atoms with Crippen molar-refractivity contribution >= 4 is 11.3 Å². The molecule has 0 aliphatic heterocycles. The fourth-order valence-corrected chi connectivity index (χ4v) is 2.43. The van der Waals surface area contributed by atoms with E-state index in [4.69, 9.17) is 10.00 Å². The SMILES string of the molecule is CCc1nc(COc2ccc(C)cc2)sc1C#N. The summed E-state index contributed by atoms with van der Waals surface area (Å²) in [5.41, 5.74) is 2.07. The third-order valence-electron chi connectivity index (χ3n) is 2.56. The first kappa shape index (κ1) is 12.6. The topological polar surface area (TPSA) is 45.9 Å². The van der Waals surface area contributed by atoms with Crippen molar-refractivity contribution in [3.05, 3.63) is 45.4 Å². The van der Waals surface area contributed by atoms with Gasteiger partial charge >= 0.3 is 0 Å². The number of hydrogen-bond donors (Lipinski definition) is 0. The largest absolute Gasteiger partial charge is 0.486 e. The normalized spacial score (nSPS) is 10.1. The van der Waals surface area contributed by atoms with Gasteiger partial charge in [0.15, 0.2) is 0 Å². The molecule has 0 unspecified atom stereocenters. The number of nitriles is 1. The third kappa shape index (κ3) is 2.88. The second-order valence-electron chi connectivity index (χ2n) is 3.95. The molecule has 0 spiro atoms. The molecule has 2 rings (SSSR count). The zero-order valence-electron chi connectivity index (χ0n) is 10.4. The van der Waals surface area contributed by atoms with Crippen LogP contribution in [0.25, 0.3) is 0 Å². The van der Waals surface area contributed by atoms with Crippen LogP contribution in [-0.4, -0.2) is 4.98 Å². The molecule has 1 aromatic carbocycles. The summed E-state index contributed by atoms with van der Waals surface area (Å²) in [4.78, 5) is 5.10. The molecular weight excluding hydrogens is 244 g/mol. The van der Waals surface area contributed by atoms with E-state index >= 15 is 0 Å². The average molecular weight is 258 g/mol. The first-order valence-electron chi connectivity index (χ1n) is 5.81. The van der Waals surface area contributed by atoms with Crippen molar-refractivity contribution in [3.63, 3.8) is 0 Å². The Morgan fingerprint density at radius 2 is 2.06 bits per heavy atom. The van der Waals surface area contributed by atoms with E-state index in [1.807, 2.05) is 38.1 Å². The highest BCUT2D eigenvalue weighted by Crippen LogP contribution is 2.20. The van der Waals surface area contributed by atoms with Gasteiger partial charge in [-0.05, 0) is 25.5 Å². The fraction of sp³-hybridized carbons (Fsp3) is 0.286. The molecule has 0 saturated carbocycles. The van der Waals surface area contributed by atoms with Crippen LogP contribution in [0.2, 0.25) is 0 Å². The third-order valence-corrected chi connectivity index (χ3v) is 3.54. The minimum absolute atomic E-state index is 0.419. The van der Waals surface area contributed by atoms with E-state index in [1.165, 1.54) is 16.9 Å². The number of thiazole rings is 1. The number of aryl methyl sites for hydroxylation is 2. The molecule has 0 radical (unpaired) electrons. The van der Waals surface area contributed by atoms with Gasteiger partial charge in [-0.1, -0.05) is 24.6 Å². The van der Waals surface area contributed by atoms with Gasteiger partial charge in [0.25, 0.3) is 0 Å². The lowest BCUT2D eigenvalue weighted by molar-refractivity contribution is 0.305. The summed E-state index contributed by atoms with van der Waals surface area (Å²) >= 11 is 1.41. The summed E-state index contributed by atoms with van der Waals surface area (Å²) in [6.07, 6.45) is 0.782. The van der Waals surface area contributed by atoms with Crippen molar-refractivity contribution in [1.29, 1.82) is 5.26 Å². The van der Waals surface area contributed by atoms with E-state index < -0.39 is 0 Å². The molecule has 3 nitrogen and oxygen atoms in total. The maximum absolute atomic E-state index is 8.96. The van der Waals surface area contributed by atoms with Crippen molar-refractivity contribution in [2.45, 2.75) is 26.9 Å². The fourth-order valence-electron chi connectivity index (χ4n) is 1.57. The van der Waals surface area contributed by atoms with Crippen LogP contribution in [0.1, 0.15) is 28.1 Å². The Morgan fingerprint density at radius 1 is 1.33 bits per heavy atom. The molecule has 0 bridgehead atoms. The zero-order chi connectivity index (χ0) is 13.0. The Bertz CT molecular complexity index is 566. The molecule has 0 atom stereocenters. The highest BCUT2D eigenvalue weighted by molar-refractivity contribution is 7.12. The summed E-state index contributed by atoms with van der Waals surface area (Å²) in [5, 5.41) is 9.81. The van der Waals surface area contributed by atoms with Crippen LogP contribution >= 0.6 is 11.3 Å². The molecule has 1 heterocycles. The molecule has 92 valence electrons. The van der Waals surface area contributed by atoms with Crippen molar-refractivity contribution in [2.24, 2.45) is 0 Å². The number of ether oxygens (including phenoxy) is 1. The molecular formula is C14H14N2OS. The standard InChI is InChI=1S/C14H14N2OS/c1-3-12-13(8-15)18-14(16-12)9-17-11-6-4-10(2)5-7-11/h4-7H,3,9H2,1-2H3. The number of hydrogen-bond acceptors (Lipinski definition) is 4.